The van der Waals surface area contributed by atoms with Gasteiger partial charge in [0.05, 0.1) is 12.7 Å². The summed E-state index contributed by atoms with van der Waals surface area (Å²) < 4.78 is 5.23. The highest BCUT2D eigenvalue weighted by Gasteiger charge is 2.22. The van der Waals surface area contributed by atoms with E-state index in [1.54, 1.807) is 25.3 Å². The number of ether oxygens (including phenoxy) is 1. The molecule has 1 aromatic heterocycles. The lowest BCUT2D eigenvalue weighted by Crippen LogP contribution is -2.13. The van der Waals surface area contributed by atoms with Crippen LogP contribution in [0.25, 0.3) is 6.08 Å². The second-order valence-electron chi connectivity index (χ2n) is 6.38. The summed E-state index contributed by atoms with van der Waals surface area (Å²) in [6, 6.07) is 9.62. The highest BCUT2D eigenvalue weighted by atomic mass is 32.1. The SMILES string of the molecule is COc1ccc(/C=C(\C#N)C(=O)Nc2sc3c(c2C#N)CCCC3)cc1C. The largest absolute Gasteiger partial charge is 0.496 e. The van der Waals surface area contributed by atoms with E-state index in [0.717, 1.165) is 48.1 Å². The number of nitriles is 2. The molecule has 0 radical (unpaired) electrons. The molecule has 1 aliphatic carbocycles. The van der Waals surface area contributed by atoms with Crippen molar-refractivity contribution in [2.24, 2.45) is 0 Å². The van der Waals surface area contributed by atoms with Gasteiger partial charge in [-0.05, 0) is 67.5 Å². The molecule has 0 aliphatic heterocycles. The lowest BCUT2D eigenvalue weighted by atomic mass is 9.96. The Bertz CT molecular complexity index is 1010. The lowest BCUT2D eigenvalue weighted by Gasteiger charge is -2.09. The van der Waals surface area contributed by atoms with Crippen LogP contribution in [0.2, 0.25) is 0 Å². The topological polar surface area (TPSA) is 85.9 Å². The third kappa shape index (κ3) is 3.86. The molecule has 0 bridgehead atoms. The van der Waals surface area contributed by atoms with E-state index in [1.165, 1.54) is 16.2 Å². The summed E-state index contributed by atoms with van der Waals surface area (Å²) >= 11 is 1.45. The maximum atomic E-state index is 12.6. The molecule has 1 aliphatic rings. The van der Waals surface area contributed by atoms with Crippen molar-refractivity contribution in [2.75, 3.05) is 12.4 Å². The average molecular weight is 377 g/mol. The standard InChI is InChI=1S/C21H19N3O2S/c1-13-9-14(7-8-18(13)26-2)10-15(11-22)20(25)24-21-17(12-23)16-5-3-4-6-19(16)27-21/h7-10H,3-6H2,1-2H3,(H,24,25)/b15-10+. The van der Waals surface area contributed by atoms with Crippen LogP contribution in [0.15, 0.2) is 23.8 Å². The predicted octanol–water partition coefficient (Wildman–Crippen LogP) is 4.36. The van der Waals surface area contributed by atoms with Gasteiger partial charge in [0.2, 0.25) is 0 Å². The highest BCUT2D eigenvalue weighted by Crippen LogP contribution is 2.37. The number of amides is 1. The summed E-state index contributed by atoms with van der Waals surface area (Å²) in [7, 11) is 1.60. The number of nitrogens with one attached hydrogen (secondary N) is 1. The third-order valence-electron chi connectivity index (χ3n) is 4.61. The van der Waals surface area contributed by atoms with E-state index in [4.69, 9.17) is 4.74 Å². The zero-order chi connectivity index (χ0) is 19.4. The Morgan fingerprint density at radius 2 is 2.07 bits per heavy atom. The number of benzene rings is 1. The summed E-state index contributed by atoms with van der Waals surface area (Å²) in [6.45, 7) is 1.90. The van der Waals surface area contributed by atoms with Gasteiger partial charge in [-0.25, -0.2) is 0 Å². The van der Waals surface area contributed by atoms with Gasteiger partial charge < -0.3 is 10.1 Å². The third-order valence-corrected chi connectivity index (χ3v) is 5.81. The summed E-state index contributed by atoms with van der Waals surface area (Å²) in [5.74, 6) is 0.249. The van der Waals surface area contributed by atoms with E-state index in [9.17, 15) is 15.3 Å². The molecule has 136 valence electrons. The summed E-state index contributed by atoms with van der Waals surface area (Å²) in [5.41, 5.74) is 3.25. The van der Waals surface area contributed by atoms with Crippen LogP contribution in [0, 0.1) is 29.6 Å². The van der Waals surface area contributed by atoms with Gasteiger partial charge in [-0.2, -0.15) is 10.5 Å². The van der Waals surface area contributed by atoms with E-state index in [-0.39, 0.29) is 5.57 Å². The van der Waals surface area contributed by atoms with Crippen molar-refractivity contribution in [1.29, 1.82) is 10.5 Å². The molecule has 0 saturated carbocycles. The minimum atomic E-state index is -0.499. The molecule has 1 amide bonds. The zero-order valence-electron chi connectivity index (χ0n) is 15.3. The number of nitrogens with zero attached hydrogens (tertiary/aromatic N) is 2. The van der Waals surface area contributed by atoms with Gasteiger partial charge in [0, 0.05) is 4.88 Å². The highest BCUT2D eigenvalue weighted by molar-refractivity contribution is 7.16. The fraction of sp³-hybridized carbons (Fsp3) is 0.286. The van der Waals surface area contributed by atoms with E-state index < -0.39 is 5.91 Å². The number of carbonyl (C=O) groups excluding carboxylic acids is 1. The van der Waals surface area contributed by atoms with Crippen LogP contribution in [-0.2, 0) is 17.6 Å². The Kier molecular flexibility index (Phi) is 5.59. The minimum Gasteiger partial charge on any atom is -0.496 e. The maximum absolute atomic E-state index is 12.6. The van der Waals surface area contributed by atoms with Gasteiger partial charge in [0.25, 0.3) is 5.91 Å². The van der Waals surface area contributed by atoms with Crippen molar-refractivity contribution in [3.63, 3.8) is 0 Å². The number of anilines is 1. The van der Waals surface area contributed by atoms with E-state index in [0.29, 0.717) is 10.6 Å². The Balaban J connectivity index is 1.86. The van der Waals surface area contributed by atoms with Crippen LogP contribution in [-0.4, -0.2) is 13.0 Å². The number of aryl methyl sites for hydroxylation is 2. The Hall–Kier alpha value is -3.09. The maximum Gasteiger partial charge on any atom is 0.266 e. The lowest BCUT2D eigenvalue weighted by molar-refractivity contribution is -0.112. The molecule has 1 aromatic carbocycles. The van der Waals surface area contributed by atoms with E-state index in [1.807, 2.05) is 19.1 Å². The van der Waals surface area contributed by atoms with Crippen molar-refractivity contribution in [3.8, 4) is 17.9 Å². The van der Waals surface area contributed by atoms with Crippen LogP contribution in [0.1, 0.15) is 40.0 Å². The first-order chi connectivity index (χ1) is 13.1. The summed E-state index contributed by atoms with van der Waals surface area (Å²) in [4.78, 5) is 13.8. The van der Waals surface area contributed by atoms with Gasteiger partial charge >= 0.3 is 0 Å². The Morgan fingerprint density at radius 3 is 2.74 bits per heavy atom. The van der Waals surface area contributed by atoms with E-state index in [2.05, 4.69) is 11.4 Å². The van der Waals surface area contributed by atoms with Crippen LogP contribution in [0.4, 0.5) is 5.00 Å². The number of fused-ring (bicyclic) bond motifs is 1. The molecule has 0 saturated heterocycles. The quantitative estimate of drug-likeness (QED) is 0.633. The molecular weight excluding hydrogens is 358 g/mol. The first-order valence-corrected chi connectivity index (χ1v) is 9.51. The Labute approximate surface area is 162 Å². The van der Waals surface area contributed by atoms with E-state index >= 15 is 0 Å². The van der Waals surface area contributed by atoms with Crippen molar-refractivity contribution >= 4 is 28.3 Å². The number of hydrogen-bond donors (Lipinski definition) is 1. The van der Waals surface area contributed by atoms with Crippen molar-refractivity contribution < 1.29 is 9.53 Å². The van der Waals surface area contributed by atoms with Gasteiger partial charge in [-0.1, -0.05) is 6.07 Å². The van der Waals surface area contributed by atoms with Gasteiger partial charge in [0.15, 0.2) is 0 Å². The first kappa shape index (κ1) is 18.7. The molecule has 0 spiro atoms. The first-order valence-electron chi connectivity index (χ1n) is 8.69. The van der Waals surface area contributed by atoms with Crippen molar-refractivity contribution in [3.05, 3.63) is 50.9 Å². The molecule has 6 heteroatoms. The van der Waals surface area contributed by atoms with Crippen LogP contribution in [0.5, 0.6) is 5.75 Å². The molecule has 0 atom stereocenters. The molecule has 5 nitrogen and oxygen atoms in total. The summed E-state index contributed by atoms with van der Waals surface area (Å²) in [5, 5.41) is 22.2. The zero-order valence-corrected chi connectivity index (χ0v) is 16.1. The smallest absolute Gasteiger partial charge is 0.266 e. The Morgan fingerprint density at radius 1 is 1.30 bits per heavy atom. The molecule has 0 fully saturated rings. The van der Waals surface area contributed by atoms with Crippen LogP contribution >= 0.6 is 11.3 Å². The minimum absolute atomic E-state index is 0.00479. The fourth-order valence-electron chi connectivity index (χ4n) is 3.25. The molecule has 3 rings (SSSR count). The molecule has 0 unspecified atom stereocenters. The predicted molar refractivity (Wildman–Crippen MR) is 106 cm³/mol. The number of thiophene rings is 1. The number of methoxy groups -OCH3 is 1. The molecule has 27 heavy (non-hydrogen) atoms. The second kappa shape index (κ2) is 8.07. The average Bonchev–Trinajstić information content (AvgIpc) is 3.02. The normalized spacial score (nSPS) is 13.3. The monoisotopic (exact) mass is 377 g/mol. The fourth-order valence-corrected chi connectivity index (χ4v) is 4.48. The number of rotatable bonds is 4. The van der Waals surface area contributed by atoms with Gasteiger partial charge in [-0.15, -0.1) is 11.3 Å². The second-order valence-corrected chi connectivity index (χ2v) is 7.48. The molecule has 2 aromatic rings. The van der Waals surface area contributed by atoms with Crippen LogP contribution in [0.3, 0.4) is 0 Å². The number of hydrogen-bond acceptors (Lipinski definition) is 5. The van der Waals surface area contributed by atoms with Crippen molar-refractivity contribution in [1.82, 2.24) is 0 Å². The number of carbonyl (C=O) groups is 1. The molecule has 1 heterocycles. The van der Waals surface area contributed by atoms with Crippen molar-refractivity contribution in [2.45, 2.75) is 32.6 Å². The molecule has 1 N–H and O–H groups in total. The molecular formula is C21H19N3O2S. The van der Waals surface area contributed by atoms with Crippen LogP contribution < -0.4 is 10.1 Å². The summed E-state index contributed by atoms with van der Waals surface area (Å²) in [6.07, 6.45) is 5.52. The van der Waals surface area contributed by atoms with Gasteiger partial charge in [-0.3, -0.25) is 4.79 Å². The van der Waals surface area contributed by atoms with Gasteiger partial charge in [0.1, 0.15) is 28.5 Å².